The Labute approximate surface area is 192 Å². The zero-order valence-electron chi connectivity index (χ0n) is 19.0. The molecule has 1 amide bonds. The van der Waals surface area contributed by atoms with Crippen molar-refractivity contribution in [2.45, 2.75) is 58.7 Å². The van der Waals surface area contributed by atoms with Crippen molar-refractivity contribution in [3.63, 3.8) is 0 Å². The number of nitrogens with one attached hydrogen (secondary N) is 1. The molecule has 170 valence electrons. The maximum atomic E-state index is 12.9. The summed E-state index contributed by atoms with van der Waals surface area (Å²) in [5, 5.41) is 2.96. The number of amides is 1. The number of fused-ring (bicyclic) bond motifs is 2. The molecule has 0 radical (unpaired) electrons. The van der Waals surface area contributed by atoms with E-state index in [1.807, 2.05) is 54.7 Å². The topological polar surface area (TPSA) is 73.8 Å². The number of para-hydroxylation sites is 2. The van der Waals surface area contributed by atoms with Crippen molar-refractivity contribution in [2.24, 2.45) is 0 Å². The van der Waals surface area contributed by atoms with Gasteiger partial charge in [0, 0.05) is 49.2 Å². The third kappa shape index (κ3) is 4.11. The molecule has 0 unspecified atom stereocenters. The summed E-state index contributed by atoms with van der Waals surface area (Å²) in [6.07, 6.45) is 6.58. The molecule has 0 aliphatic carbocycles. The number of anilines is 1. The molecule has 1 aliphatic heterocycles. The third-order valence-corrected chi connectivity index (χ3v) is 6.36. The van der Waals surface area contributed by atoms with Crippen molar-refractivity contribution in [1.82, 2.24) is 18.7 Å². The van der Waals surface area contributed by atoms with E-state index in [1.165, 1.54) is 18.5 Å². The summed E-state index contributed by atoms with van der Waals surface area (Å²) in [4.78, 5) is 30.1. The Hall–Kier alpha value is -3.61. The fourth-order valence-corrected chi connectivity index (χ4v) is 4.73. The lowest BCUT2D eigenvalue weighted by Crippen LogP contribution is -2.26. The van der Waals surface area contributed by atoms with Gasteiger partial charge in [0.15, 0.2) is 0 Å². The lowest BCUT2D eigenvalue weighted by atomic mass is 10.1. The van der Waals surface area contributed by atoms with Gasteiger partial charge in [-0.05, 0) is 62.1 Å². The van der Waals surface area contributed by atoms with Crippen LogP contribution in [0.3, 0.4) is 0 Å². The third-order valence-electron chi connectivity index (χ3n) is 6.36. The molecule has 2 aromatic carbocycles. The van der Waals surface area contributed by atoms with E-state index in [4.69, 9.17) is 0 Å². The maximum Gasteiger partial charge on any atom is 0.329 e. The van der Waals surface area contributed by atoms with Gasteiger partial charge in [0.1, 0.15) is 5.82 Å². The Bertz CT molecular complexity index is 1340. The molecular formula is C26H29N5O2. The highest BCUT2D eigenvalue weighted by molar-refractivity contribution is 5.91. The summed E-state index contributed by atoms with van der Waals surface area (Å²) in [6, 6.07) is 15.6. The quantitative estimate of drug-likeness (QED) is 0.459. The van der Waals surface area contributed by atoms with Crippen molar-refractivity contribution in [3.8, 4) is 11.4 Å². The first-order valence-electron chi connectivity index (χ1n) is 11.8. The van der Waals surface area contributed by atoms with Crippen LogP contribution in [-0.2, 0) is 30.8 Å². The van der Waals surface area contributed by atoms with Gasteiger partial charge < -0.3 is 9.88 Å². The van der Waals surface area contributed by atoms with Crippen molar-refractivity contribution >= 4 is 22.6 Å². The first-order chi connectivity index (χ1) is 16.2. The second-order valence-electron chi connectivity index (χ2n) is 8.63. The number of hydrogen-bond acceptors (Lipinski definition) is 3. The van der Waals surface area contributed by atoms with Gasteiger partial charge in [-0.2, -0.15) is 0 Å². The summed E-state index contributed by atoms with van der Waals surface area (Å²) in [5.41, 5.74) is 4.83. The molecule has 7 nitrogen and oxygen atoms in total. The van der Waals surface area contributed by atoms with Crippen LogP contribution in [0.4, 0.5) is 5.69 Å². The van der Waals surface area contributed by atoms with Crippen LogP contribution < -0.4 is 11.0 Å². The molecule has 5 rings (SSSR count). The second kappa shape index (κ2) is 9.10. The number of benzene rings is 2. The van der Waals surface area contributed by atoms with E-state index in [-0.39, 0.29) is 18.0 Å². The van der Waals surface area contributed by atoms with Crippen LogP contribution in [0.1, 0.15) is 38.3 Å². The molecule has 0 bridgehead atoms. The van der Waals surface area contributed by atoms with Crippen molar-refractivity contribution in [3.05, 3.63) is 70.9 Å². The number of nitrogens with zero attached hydrogens (tertiary/aromatic N) is 4. The molecule has 0 fully saturated rings. The molecule has 2 aromatic heterocycles. The second-order valence-corrected chi connectivity index (χ2v) is 8.63. The smallest absolute Gasteiger partial charge is 0.328 e. The summed E-state index contributed by atoms with van der Waals surface area (Å²) in [7, 11) is 0. The average Bonchev–Trinajstić information content (AvgIpc) is 3.38. The highest BCUT2D eigenvalue weighted by Gasteiger charge is 2.16. The molecule has 0 atom stereocenters. The summed E-state index contributed by atoms with van der Waals surface area (Å²) < 4.78 is 5.79. The molecular weight excluding hydrogens is 414 g/mol. The van der Waals surface area contributed by atoms with Crippen molar-refractivity contribution < 1.29 is 4.79 Å². The largest absolute Gasteiger partial charge is 0.329 e. The molecule has 0 saturated carbocycles. The zero-order chi connectivity index (χ0) is 22.8. The van der Waals surface area contributed by atoms with Crippen LogP contribution in [0.2, 0.25) is 0 Å². The number of aromatic nitrogens is 4. The van der Waals surface area contributed by atoms with Gasteiger partial charge in [-0.1, -0.05) is 19.1 Å². The average molecular weight is 444 g/mol. The minimum absolute atomic E-state index is 0.0572. The fraction of sp³-hybridized carbons (Fsp3) is 0.346. The van der Waals surface area contributed by atoms with E-state index in [1.54, 1.807) is 9.13 Å². The predicted molar refractivity (Wildman–Crippen MR) is 130 cm³/mol. The van der Waals surface area contributed by atoms with Gasteiger partial charge in [-0.25, -0.2) is 9.78 Å². The zero-order valence-corrected chi connectivity index (χ0v) is 19.0. The van der Waals surface area contributed by atoms with Crippen LogP contribution in [0, 0.1) is 0 Å². The first-order valence-corrected chi connectivity index (χ1v) is 11.8. The molecule has 7 heteroatoms. The number of aryl methyl sites for hydroxylation is 3. The van der Waals surface area contributed by atoms with Gasteiger partial charge in [-0.15, -0.1) is 0 Å². The Morgan fingerprint density at radius 3 is 2.45 bits per heavy atom. The Kier molecular flexibility index (Phi) is 5.86. The molecule has 0 spiro atoms. The van der Waals surface area contributed by atoms with E-state index in [9.17, 15) is 9.59 Å². The maximum absolute atomic E-state index is 12.9. The lowest BCUT2D eigenvalue weighted by Gasteiger charge is -2.16. The van der Waals surface area contributed by atoms with E-state index < -0.39 is 0 Å². The van der Waals surface area contributed by atoms with Crippen LogP contribution in [-0.4, -0.2) is 24.6 Å². The van der Waals surface area contributed by atoms with Crippen LogP contribution in [0.5, 0.6) is 0 Å². The normalized spacial score (nSPS) is 13.2. The Morgan fingerprint density at radius 2 is 1.73 bits per heavy atom. The number of imidazole rings is 2. The number of carbonyl (C=O) groups excluding carboxylic acids is 1. The van der Waals surface area contributed by atoms with Gasteiger partial charge in [0.2, 0.25) is 5.91 Å². The highest BCUT2D eigenvalue weighted by atomic mass is 16.2. The molecule has 1 aliphatic rings. The van der Waals surface area contributed by atoms with Gasteiger partial charge in [-0.3, -0.25) is 13.9 Å². The van der Waals surface area contributed by atoms with Crippen LogP contribution in [0.25, 0.3) is 22.4 Å². The molecule has 0 saturated heterocycles. The highest BCUT2D eigenvalue weighted by Crippen LogP contribution is 2.25. The van der Waals surface area contributed by atoms with E-state index in [0.29, 0.717) is 13.1 Å². The van der Waals surface area contributed by atoms with Crippen molar-refractivity contribution in [2.75, 3.05) is 5.32 Å². The molecule has 3 heterocycles. The van der Waals surface area contributed by atoms with E-state index in [2.05, 4.69) is 21.8 Å². The Morgan fingerprint density at radius 1 is 1.00 bits per heavy atom. The minimum Gasteiger partial charge on any atom is -0.328 e. The molecule has 33 heavy (non-hydrogen) atoms. The van der Waals surface area contributed by atoms with Gasteiger partial charge >= 0.3 is 5.69 Å². The van der Waals surface area contributed by atoms with Crippen LogP contribution >= 0.6 is 0 Å². The predicted octanol–water partition coefficient (Wildman–Crippen LogP) is 4.44. The monoisotopic (exact) mass is 443 g/mol. The summed E-state index contributed by atoms with van der Waals surface area (Å²) in [5.74, 6) is 0.880. The minimum atomic E-state index is -0.111. The van der Waals surface area contributed by atoms with E-state index in [0.717, 1.165) is 47.5 Å². The van der Waals surface area contributed by atoms with Gasteiger partial charge in [0.25, 0.3) is 0 Å². The van der Waals surface area contributed by atoms with Gasteiger partial charge in [0.05, 0.1) is 11.0 Å². The standard InChI is InChI=1S/C26H29N5O2/c1-2-15-30-22-8-3-4-9-23(22)31(26(30)33)17-14-24(32)28-20-12-10-19(11-13-20)25-27-18-21-7-5-6-16-29(21)25/h3-4,8-13,18H,2,5-7,14-17H2,1H3,(H,28,32). The number of hydrogen-bond donors (Lipinski definition) is 1. The lowest BCUT2D eigenvalue weighted by molar-refractivity contribution is -0.116. The summed E-state index contributed by atoms with van der Waals surface area (Å²) in [6.45, 7) is 4.08. The van der Waals surface area contributed by atoms with Crippen molar-refractivity contribution in [1.29, 1.82) is 0 Å². The Balaban J connectivity index is 1.26. The molecule has 4 aromatic rings. The molecule has 1 N–H and O–H groups in total. The first kappa shape index (κ1) is 21.2. The number of carbonyl (C=O) groups is 1. The summed E-state index contributed by atoms with van der Waals surface area (Å²) >= 11 is 0. The number of rotatable bonds is 7. The van der Waals surface area contributed by atoms with Crippen LogP contribution in [0.15, 0.2) is 59.5 Å². The fourth-order valence-electron chi connectivity index (χ4n) is 4.73. The SMILES string of the molecule is CCCn1c(=O)n(CCC(=O)Nc2ccc(-c3ncc4n3CCCC4)cc2)c2ccccc21. The van der Waals surface area contributed by atoms with E-state index >= 15 is 0 Å².